The molecule has 20 heavy (non-hydrogen) atoms. The molecule has 1 aromatic rings. The maximum Gasteiger partial charge on any atom is 0.404 e. The molecular weight excluding hydrogens is 270 g/mol. The summed E-state index contributed by atoms with van der Waals surface area (Å²) in [6.45, 7) is 6.32. The molecule has 0 aliphatic rings. The Hall–Kier alpha value is -1.77. The van der Waals surface area contributed by atoms with Crippen molar-refractivity contribution < 1.29 is 15.0 Å². The number of aliphatic hydroxyl groups excluding tert-OH is 1. The minimum Gasteiger partial charge on any atom is -0.465 e. The van der Waals surface area contributed by atoms with Crippen LogP contribution in [0.25, 0.3) is 0 Å². The summed E-state index contributed by atoms with van der Waals surface area (Å²) < 4.78 is 0. The van der Waals surface area contributed by atoms with Gasteiger partial charge in [-0.05, 0) is 24.1 Å². The van der Waals surface area contributed by atoms with Gasteiger partial charge in [0.1, 0.15) is 8.07 Å². The molecule has 108 valence electrons. The zero-order valence-electron chi connectivity index (χ0n) is 12.1. The van der Waals surface area contributed by atoms with Crippen LogP contribution in [0, 0.1) is 11.5 Å². The van der Waals surface area contributed by atoms with Gasteiger partial charge in [0.15, 0.2) is 0 Å². The Morgan fingerprint density at radius 3 is 2.65 bits per heavy atom. The van der Waals surface area contributed by atoms with E-state index in [1.165, 1.54) is 0 Å². The van der Waals surface area contributed by atoms with Crippen LogP contribution in [0.4, 0.5) is 4.79 Å². The maximum atomic E-state index is 10.6. The summed E-state index contributed by atoms with van der Waals surface area (Å²) in [5, 5.41) is 20.1. The largest absolute Gasteiger partial charge is 0.465 e. The van der Waals surface area contributed by atoms with E-state index >= 15 is 0 Å². The molecule has 0 heterocycles. The lowest BCUT2D eigenvalue weighted by molar-refractivity contribution is 0.177. The van der Waals surface area contributed by atoms with Crippen molar-refractivity contribution in [1.29, 1.82) is 0 Å². The van der Waals surface area contributed by atoms with Gasteiger partial charge in [0.05, 0.1) is 12.6 Å². The van der Waals surface area contributed by atoms with Crippen LogP contribution in [0.3, 0.4) is 0 Å². The van der Waals surface area contributed by atoms with Crippen molar-refractivity contribution in [2.75, 3.05) is 6.61 Å². The summed E-state index contributed by atoms with van der Waals surface area (Å²) in [7, 11) is -1.41. The van der Waals surface area contributed by atoms with Crippen molar-refractivity contribution in [3.8, 4) is 11.5 Å². The first-order valence-corrected chi connectivity index (χ1v) is 10.0. The van der Waals surface area contributed by atoms with Gasteiger partial charge >= 0.3 is 6.09 Å². The summed E-state index contributed by atoms with van der Waals surface area (Å²) in [5.74, 6) is 3.17. The molecule has 1 aromatic carbocycles. The van der Waals surface area contributed by atoms with Crippen LogP contribution in [0.1, 0.15) is 11.1 Å². The number of hydrogen-bond donors (Lipinski definition) is 3. The Morgan fingerprint density at radius 2 is 2.10 bits per heavy atom. The van der Waals surface area contributed by atoms with Gasteiger partial charge in [0.2, 0.25) is 0 Å². The lowest BCUT2D eigenvalue weighted by Crippen LogP contribution is -2.38. The predicted octanol–water partition coefficient (Wildman–Crippen LogP) is 2.09. The average molecular weight is 291 g/mol. The molecule has 0 aromatic heterocycles. The number of carbonyl (C=O) groups is 1. The highest BCUT2D eigenvalue weighted by Crippen LogP contribution is 2.08. The third-order valence-electron chi connectivity index (χ3n) is 2.54. The van der Waals surface area contributed by atoms with Crippen LogP contribution in [-0.4, -0.2) is 37.0 Å². The second-order valence-electron chi connectivity index (χ2n) is 5.73. The van der Waals surface area contributed by atoms with Crippen LogP contribution < -0.4 is 5.32 Å². The van der Waals surface area contributed by atoms with E-state index in [0.29, 0.717) is 6.42 Å². The lowest BCUT2D eigenvalue weighted by atomic mass is 10.0. The highest BCUT2D eigenvalue weighted by molar-refractivity contribution is 6.83. The maximum absolute atomic E-state index is 10.6. The van der Waals surface area contributed by atoms with Crippen molar-refractivity contribution >= 4 is 14.2 Å². The predicted molar refractivity (Wildman–Crippen MR) is 82.4 cm³/mol. The molecule has 1 amide bonds. The molecule has 0 bridgehead atoms. The van der Waals surface area contributed by atoms with Gasteiger partial charge in [-0.2, -0.15) is 0 Å². The number of rotatable bonds is 4. The Kier molecular flexibility index (Phi) is 5.80. The SMILES string of the molecule is C[Si](C)(C)C#Cc1cccc(C[C@@H](CO)NC(=O)O)c1. The standard InChI is InChI=1S/C15H21NO3Si/c1-20(2,3)8-7-12-5-4-6-13(9-12)10-14(11-17)16-15(18)19/h4-6,9,14,16-17H,10-11H2,1-3H3,(H,18,19)/t14-/m0/s1. The van der Waals surface area contributed by atoms with Gasteiger partial charge in [0, 0.05) is 5.56 Å². The van der Waals surface area contributed by atoms with Crippen molar-refractivity contribution in [2.24, 2.45) is 0 Å². The Labute approximate surface area is 120 Å². The van der Waals surface area contributed by atoms with E-state index in [0.717, 1.165) is 11.1 Å². The molecule has 0 fully saturated rings. The highest BCUT2D eigenvalue weighted by Gasteiger charge is 2.11. The fraction of sp³-hybridized carbons (Fsp3) is 0.400. The van der Waals surface area contributed by atoms with Crippen molar-refractivity contribution in [1.82, 2.24) is 5.32 Å². The van der Waals surface area contributed by atoms with Crippen LogP contribution in [0.2, 0.25) is 19.6 Å². The van der Waals surface area contributed by atoms with Gasteiger partial charge in [-0.1, -0.05) is 37.7 Å². The Bertz CT molecular complexity index is 526. The zero-order valence-corrected chi connectivity index (χ0v) is 13.1. The van der Waals surface area contributed by atoms with Crippen LogP contribution >= 0.6 is 0 Å². The molecule has 0 unspecified atom stereocenters. The third kappa shape index (κ3) is 6.41. The summed E-state index contributed by atoms with van der Waals surface area (Å²) in [6.07, 6.45) is -0.677. The van der Waals surface area contributed by atoms with Crippen molar-refractivity contribution in [2.45, 2.75) is 32.1 Å². The fourth-order valence-corrected chi connectivity index (χ4v) is 2.18. The van der Waals surface area contributed by atoms with Crippen LogP contribution in [0.15, 0.2) is 24.3 Å². The molecule has 0 aliphatic carbocycles. The molecule has 1 rings (SSSR count). The van der Waals surface area contributed by atoms with Gasteiger partial charge in [0.25, 0.3) is 0 Å². The number of amides is 1. The summed E-state index contributed by atoms with van der Waals surface area (Å²) in [5.41, 5.74) is 5.18. The molecule has 0 aliphatic heterocycles. The second kappa shape index (κ2) is 7.13. The fourth-order valence-electron chi connectivity index (χ4n) is 1.66. The van der Waals surface area contributed by atoms with Crippen LogP contribution in [0.5, 0.6) is 0 Å². The molecule has 0 radical (unpaired) electrons. The van der Waals surface area contributed by atoms with E-state index in [1.807, 2.05) is 24.3 Å². The molecule has 5 heteroatoms. The molecule has 3 N–H and O–H groups in total. The number of carboxylic acid groups (broad SMARTS) is 1. The molecule has 0 spiro atoms. The lowest BCUT2D eigenvalue weighted by Gasteiger charge is -2.14. The second-order valence-corrected chi connectivity index (χ2v) is 10.5. The number of aliphatic hydroxyl groups is 1. The monoisotopic (exact) mass is 291 g/mol. The molecule has 0 saturated heterocycles. The van der Waals surface area contributed by atoms with E-state index in [4.69, 9.17) is 10.2 Å². The van der Waals surface area contributed by atoms with E-state index in [1.54, 1.807) is 0 Å². The first-order chi connectivity index (χ1) is 9.30. The number of hydrogen-bond acceptors (Lipinski definition) is 2. The van der Waals surface area contributed by atoms with Gasteiger partial charge in [-0.15, -0.1) is 5.54 Å². The summed E-state index contributed by atoms with van der Waals surface area (Å²) in [6, 6.07) is 7.20. The molecule has 0 saturated carbocycles. The number of benzene rings is 1. The minimum atomic E-state index is -1.41. The Balaban J connectivity index is 2.81. The normalized spacial score (nSPS) is 12.2. The van der Waals surface area contributed by atoms with Gasteiger partial charge in [-0.25, -0.2) is 4.79 Å². The summed E-state index contributed by atoms with van der Waals surface area (Å²) >= 11 is 0. The van der Waals surface area contributed by atoms with Gasteiger partial charge < -0.3 is 15.5 Å². The molecular formula is C15H21NO3Si. The van der Waals surface area contributed by atoms with E-state index < -0.39 is 20.2 Å². The first-order valence-electron chi connectivity index (χ1n) is 6.52. The van der Waals surface area contributed by atoms with E-state index in [9.17, 15) is 4.79 Å². The smallest absolute Gasteiger partial charge is 0.404 e. The molecule has 1 atom stereocenters. The highest BCUT2D eigenvalue weighted by atomic mass is 28.3. The Morgan fingerprint density at radius 1 is 1.40 bits per heavy atom. The first kappa shape index (κ1) is 16.3. The third-order valence-corrected chi connectivity index (χ3v) is 3.41. The molecule has 4 nitrogen and oxygen atoms in total. The van der Waals surface area contributed by atoms with E-state index in [-0.39, 0.29) is 6.61 Å². The van der Waals surface area contributed by atoms with Gasteiger partial charge in [-0.3, -0.25) is 0 Å². The quantitative estimate of drug-likeness (QED) is 0.587. The minimum absolute atomic E-state index is 0.225. The zero-order chi connectivity index (χ0) is 15.2. The summed E-state index contributed by atoms with van der Waals surface area (Å²) in [4.78, 5) is 10.6. The van der Waals surface area contributed by atoms with Crippen molar-refractivity contribution in [3.05, 3.63) is 35.4 Å². The van der Waals surface area contributed by atoms with Crippen molar-refractivity contribution in [3.63, 3.8) is 0 Å². The number of nitrogens with one attached hydrogen (secondary N) is 1. The average Bonchev–Trinajstić information content (AvgIpc) is 2.35. The topological polar surface area (TPSA) is 69.6 Å². The van der Waals surface area contributed by atoms with Crippen LogP contribution in [-0.2, 0) is 6.42 Å². The van der Waals surface area contributed by atoms with E-state index in [2.05, 4.69) is 36.4 Å².